The molecule has 1 heterocycles. The Balaban J connectivity index is 1.62. The zero-order valence-corrected chi connectivity index (χ0v) is 18.0. The lowest BCUT2D eigenvalue weighted by molar-refractivity contribution is -0.122. The minimum absolute atomic E-state index is 0.128. The van der Waals surface area contributed by atoms with Crippen LogP contribution < -0.4 is 10.1 Å². The number of anilines is 1. The number of amides is 1. The normalized spacial score (nSPS) is 12.3. The molecule has 30 heavy (non-hydrogen) atoms. The van der Waals surface area contributed by atoms with Gasteiger partial charge < -0.3 is 14.6 Å². The molecule has 0 unspecified atom stereocenters. The number of hydrogen-bond acceptors (Lipinski definition) is 2. The number of carbonyl (C=O) groups is 1. The standard InChI is InChI=1S/C26H28N2O2/c1-5-24(30-25-13-9-10-17(3)18(25)4)26(29)27-19-14-15-23-21(16-19)20-11-7-8-12-22(20)28(23)6-2/h7-16,24H,5-6H2,1-4H3,(H,27,29)/t24-/m1/s1. The van der Waals surface area contributed by atoms with Crippen molar-refractivity contribution >= 4 is 33.4 Å². The summed E-state index contributed by atoms with van der Waals surface area (Å²) in [6, 6.07) is 20.4. The van der Waals surface area contributed by atoms with Gasteiger partial charge in [0.2, 0.25) is 0 Å². The van der Waals surface area contributed by atoms with Crippen molar-refractivity contribution in [1.82, 2.24) is 4.57 Å². The van der Waals surface area contributed by atoms with Crippen LogP contribution in [-0.2, 0) is 11.3 Å². The predicted molar refractivity (Wildman–Crippen MR) is 124 cm³/mol. The van der Waals surface area contributed by atoms with Crippen LogP contribution in [0.3, 0.4) is 0 Å². The Morgan fingerprint density at radius 1 is 0.967 bits per heavy atom. The first kappa shape index (κ1) is 20.0. The number of nitrogens with zero attached hydrogens (tertiary/aromatic N) is 1. The van der Waals surface area contributed by atoms with E-state index in [0.29, 0.717) is 6.42 Å². The number of ether oxygens (including phenoxy) is 1. The first-order chi connectivity index (χ1) is 14.5. The van der Waals surface area contributed by atoms with E-state index in [1.807, 2.05) is 45.0 Å². The summed E-state index contributed by atoms with van der Waals surface area (Å²) in [4.78, 5) is 13.0. The summed E-state index contributed by atoms with van der Waals surface area (Å²) in [5.74, 6) is 0.635. The Kier molecular flexibility index (Phi) is 5.49. The van der Waals surface area contributed by atoms with E-state index in [1.54, 1.807) is 0 Å². The topological polar surface area (TPSA) is 43.3 Å². The lowest BCUT2D eigenvalue weighted by Crippen LogP contribution is -2.32. The smallest absolute Gasteiger partial charge is 0.265 e. The molecule has 154 valence electrons. The molecule has 1 atom stereocenters. The average molecular weight is 401 g/mol. The van der Waals surface area contributed by atoms with Crippen LogP contribution >= 0.6 is 0 Å². The molecule has 0 aliphatic rings. The van der Waals surface area contributed by atoms with Gasteiger partial charge in [0, 0.05) is 34.0 Å². The number of para-hydroxylation sites is 1. The molecule has 0 saturated carbocycles. The molecule has 0 aliphatic carbocycles. The van der Waals surface area contributed by atoms with Crippen molar-refractivity contribution in [3.63, 3.8) is 0 Å². The van der Waals surface area contributed by atoms with Crippen LogP contribution in [0.1, 0.15) is 31.4 Å². The number of aryl methyl sites for hydroxylation is 2. The van der Waals surface area contributed by atoms with E-state index in [2.05, 4.69) is 53.2 Å². The highest BCUT2D eigenvalue weighted by Crippen LogP contribution is 2.31. The summed E-state index contributed by atoms with van der Waals surface area (Å²) in [6.45, 7) is 9.08. The van der Waals surface area contributed by atoms with E-state index in [9.17, 15) is 4.79 Å². The van der Waals surface area contributed by atoms with Crippen molar-refractivity contribution in [1.29, 1.82) is 0 Å². The molecular formula is C26H28N2O2. The molecule has 4 rings (SSSR count). The van der Waals surface area contributed by atoms with Crippen LogP contribution in [0.25, 0.3) is 21.8 Å². The average Bonchev–Trinajstić information content (AvgIpc) is 3.07. The molecule has 1 amide bonds. The largest absolute Gasteiger partial charge is 0.480 e. The van der Waals surface area contributed by atoms with Gasteiger partial charge in [0.1, 0.15) is 5.75 Å². The van der Waals surface area contributed by atoms with E-state index in [-0.39, 0.29) is 5.91 Å². The molecule has 4 nitrogen and oxygen atoms in total. The second-order valence-electron chi connectivity index (χ2n) is 7.70. The van der Waals surface area contributed by atoms with Gasteiger partial charge >= 0.3 is 0 Å². The van der Waals surface area contributed by atoms with Crippen molar-refractivity contribution in [3.05, 3.63) is 71.8 Å². The second-order valence-corrected chi connectivity index (χ2v) is 7.70. The molecule has 4 heteroatoms. The number of fused-ring (bicyclic) bond motifs is 3. The summed E-state index contributed by atoms with van der Waals surface area (Å²) >= 11 is 0. The van der Waals surface area contributed by atoms with Crippen LogP contribution in [0.5, 0.6) is 5.75 Å². The van der Waals surface area contributed by atoms with Gasteiger partial charge in [0.05, 0.1) is 0 Å². The summed E-state index contributed by atoms with van der Waals surface area (Å²) in [6.07, 6.45) is 0.0505. The fraction of sp³-hybridized carbons (Fsp3) is 0.269. The number of carbonyl (C=O) groups excluding carboxylic acids is 1. The summed E-state index contributed by atoms with van der Waals surface area (Å²) in [5, 5.41) is 5.40. The minimum Gasteiger partial charge on any atom is -0.480 e. The minimum atomic E-state index is -0.543. The van der Waals surface area contributed by atoms with Crippen molar-refractivity contribution < 1.29 is 9.53 Å². The van der Waals surface area contributed by atoms with Crippen LogP contribution in [0, 0.1) is 13.8 Å². The van der Waals surface area contributed by atoms with Crippen LogP contribution in [-0.4, -0.2) is 16.6 Å². The number of aromatic nitrogens is 1. The second kappa shape index (κ2) is 8.23. The van der Waals surface area contributed by atoms with Gasteiger partial charge in [-0.15, -0.1) is 0 Å². The maximum Gasteiger partial charge on any atom is 0.265 e. The third-order valence-electron chi connectivity index (χ3n) is 5.84. The van der Waals surface area contributed by atoms with Gasteiger partial charge in [-0.1, -0.05) is 37.3 Å². The molecule has 4 aromatic rings. The lowest BCUT2D eigenvalue weighted by atomic mass is 10.1. The van der Waals surface area contributed by atoms with Gasteiger partial charge in [-0.2, -0.15) is 0 Å². The number of benzene rings is 3. The zero-order chi connectivity index (χ0) is 21.3. The Hall–Kier alpha value is -3.27. The number of rotatable bonds is 6. The molecule has 0 aliphatic heterocycles. The highest BCUT2D eigenvalue weighted by molar-refractivity contribution is 6.10. The van der Waals surface area contributed by atoms with Crippen molar-refractivity contribution in [2.45, 2.75) is 46.8 Å². The molecule has 3 aromatic carbocycles. The summed E-state index contributed by atoms with van der Waals surface area (Å²) < 4.78 is 8.37. The fourth-order valence-corrected chi connectivity index (χ4v) is 4.02. The lowest BCUT2D eigenvalue weighted by Gasteiger charge is -2.19. The first-order valence-electron chi connectivity index (χ1n) is 10.6. The van der Waals surface area contributed by atoms with E-state index >= 15 is 0 Å². The van der Waals surface area contributed by atoms with Crippen molar-refractivity contribution in [3.8, 4) is 5.75 Å². The summed E-state index contributed by atoms with van der Waals surface area (Å²) in [5.41, 5.74) is 5.39. The zero-order valence-electron chi connectivity index (χ0n) is 18.0. The SMILES string of the molecule is CC[C@@H](Oc1cccc(C)c1C)C(=O)Nc1ccc2c(c1)c1ccccc1n2CC. The fourth-order valence-electron chi connectivity index (χ4n) is 4.02. The van der Waals surface area contributed by atoms with E-state index in [0.717, 1.165) is 34.5 Å². The first-order valence-corrected chi connectivity index (χ1v) is 10.6. The molecule has 0 fully saturated rings. The van der Waals surface area contributed by atoms with Gasteiger partial charge in [-0.05, 0) is 68.7 Å². The Bertz CT molecular complexity index is 1220. The molecule has 1 aromatic heterocycles. The Morgan fingerprint density at radius 3 is 2.50 bits per heavy atom. The van der Waals surface area contributed by atoms with E-state index in [4.69, 9.17) is 4.74 Å². The van der Waals surface area contributed by atoms with Crippen LogP contribution in [0.2, 0.25) is 0 Å². The Labute approximate surface area is 177 Å². The highest BCUT2D eigenvalue weighted by atomic mass is 16.5. The van der Waals surface area contributed by atoms with E-state index in [1.165, 1.54) is 16.4 Å². The monoisotopic (exact) mass is 400 g/mol. The number of hydrogen-bond donors (Lipinski definition) is 1. The summed E-state index contributed by atoms with van der Waals surface area (Å²) in [7, 11) is 0. The predicted octanol–water partition coefficient (Wildman–Crippen LogP) is 6.23. The molecule has 0 saturated heterocycles. The maximum absolute atomic E-state index is 13.0. The number of nitrogens with one attached hydrogen (secondary N) is 1. The van der Waals surface area contributed by atoms with Crippen LogP contribution in [0.4, 0.5) is 5.69 Å². The third kappa shape index (κ3) is 3.54. The van der Waals surface area contributed by atoms with Gasteiger partial charge in [0.15, 0.2) is 6.10 Å². The molecule has 0 bridgehead atoms. The van der Waals surface area contributed by atoms with Crippen molar-refractivity contribution in [2.24, 2.45) is 0 Å². The molecule has 0 radical (unpaired) electrons. The van der Waals surface area contributed by atoms with Crippen molar-refractivity contribution in [2.75, 3.05) is 5.32 Å². The molecular weight excluding hydrogens is 372 g/mol. The molecule has 0 spiro atoms. The van der Waals surface area contributed by atoms with Gasteiger partial charge in [-0.25, -0.2) is 0 Å². The maximum atomic E-state index is 13.0. The van der Waals surface area contributed by atoms with Gasteiger partial charge in [-0.3, -0.25) is 4.79 Å². The molecule has 1 N–H and O–H groups in total. The highest BCUT2D eigenvalue weighted by Gasteiger charge is 2.20. The Morgan fingerprint density at radius 2 is 1.73 bits per heavy atom. The van der Waals surface area contributed by atoms with E-state index < -0.39 is 6.10 Å². The van der Waals surface area contributed by atoms with Gasteiger partial charge in [0.25, 0.3) is 5.91 Å². The van der Waals surface area contributed by atoms with Crippen LogP contribution in [0.15, 0.2) is 60.7 Å². The third-order valence-corrected chi connectivity index (χ3v) is 5.84. The quantitative estimate of drug-likeness (QED) is 0.417.